The molecule has 4 aliphatic carbocycles. The molecule has 0 N–H and O–H groups in total. The quantitative estimate of drug-likeness (QED) is 0.107. The first-order chi connectivity index (χ1) is 35.6. The van der Waals surface area contributed by atoms with Crippen molar-refractivity contribution in [3.05, 3.63) is 338 Å². The van der Waals surface area contributed by atoms with Gasteiger partial charge in [-0.05, 0) is 0 Å². The van der Waals surface area contributed by atoms with E-state index in [1.54, 1.807) is 0 Å². The molecule has 0 fully saturated rings. The van der Waals surface area contributed by atoms with Crippen LogP contribution in [0.3, 0.4) is 0 Å². The van der Waals surface area contributed by atoms with Crippen LogP contribution in [0.4, 0.5) is 0 Å². The van der Waals surface area contributed by atoms with Gasteiger partial charge in [-0.2, -0.15) is 46.6 Å². The number of benzene rings is 8. The summed E-state index contributed by atoms with van der Waals surface area (Å²) in [5, 5.41) is 6.15. The molecular formula is C68H56Cl2Hf2Si2-2. The van der Waals surface area contributed by atoms with Gasteiger partial charge in [-0.1, -0.05) is 121 Å². The predicted molar refractivity (Wildman–Crippen MR) is 303 cm³/mol. The van der Waals surface area contributed by atoms with Crippen LogP contribution >= 0.6 is 0 Å². The zero-order valence-corrected chi connectivity index (χ0v) is 52.0. The molecule has 0 aromatic heterocycles. The Morgan fingerprint density at radius 1 is 0.243 bits per heavy atom. The Kier molecular flexibility index (Phi) is 27.9. The van der Waals surface area contributed by atoms with Gasteiger partial charge in [0.2, 0.25) is 0 Å². The molecule has 12 rings (SSSR count). The molecule has 0 spiro atoms. The minimum atomic E-state index is -0.406. The van der Waals surface area contributed by atoms with E-state index in [-0.39, 0.29) is 24.8 Å². The van der Waals surface area contributed by atoms with Crippen molar-refractivity contribution in [2.45, 2.75) is 25.7 Å². The monoisotopic (exact) mass is 1360 g/mol. The van der Waals surface area contributed by atoms with Gasteiger partial charge in [0.1, 0.15) is 0 Å². The third-order valence-electron chi connectivity index (χ3n) is 11.5. The second kappa shape index (κ2) is 34.8. The molecule has 4 aliphatic rings. The van der Waals surface area contributed by atoms with Gasteiger partial charge < -0.3 is 24.8 Å². The van der Waals surface area contributed by atoms with E-state index in [2.05, 4.69) is 291 Å². The van der Waals surface area contributed by atoms with E-state index >= 15 is 0 Å². The van der Waals surface area contributed by atoms with E-state index in [1.807, 2.05) is 24.3 Å². The third-order valence-corrected chi connectivity index (χ3v) is 27.6. The molecular weight excluding hydrogens is 1300 g/mol. The van der Waals surface area contributed by atoms with Crippen LogP contribution in [0.25, 0.3) is 22.3 Å². The van der Waals surface area contributed by atoms with E-state index in [0.29, 0.717) is 0 Å². The second-order valence-corrected chi connectivity index (χ2v) is 31.1. The average molecular weight is 1360 g/mol. The molecule has 0 bridgehead atoms. The van der Waals surface area contributed by atoms with Crippen molar-refractivity contribution < 1.29 is 70.8 Å². The molecule has 0 aliphatic heterocycles. The van der Waals surface area contributed by atoms with Crippen molar-refractivity contribution in [3.8, 4) is 0 Å². The summed E-state index contributed by atoms with van der Waals surface area (Å²) in [5.74, 6) is 0. The van der Waals surface area contributed by atoms with Crippen LogP contribution in [0, 0.1) is 24.3 Å². The Morgan fingerprint density at radius 2 is 0.405 bits per heavy atom. The van der Waals surface area contributed by atoms with Crippen LogP contribution in [-0.2, 0) is 46.0 Å². The molecule has 8 aromatic rings. The molecule has 0 amide bonds. The predicted octanol–water partition coefficient (Wildman–Crippen LogP) is 8.02. The number of allylic oxidation sites excluding steroid dienone is 16. The summed E-state index contributed by atoms with van der Waals surface area (Å²) in [5.41, 5.74) is 9.53. The Bertz CT molecular complexity index is 2720. The van der Waals surface area contributed by atoms with Gasteiger partial charge in [0.15, 0.2) is 0 Å². The summed E-state index contributed by atoms with van der Waals surface area (Å²) in [7, 11) is 0. The maximum absolute atomic E-state index is 3.15. The van der Waals surface area contributed by atoms with Crippen molar-refractivity contribution in [2.24, 2.45) is 0 Å². The van der Waals surface area contributed by atoms with Gasteiger partial charge in [-0.25, -0.2) is 24.3 Å². The molecule has 0 unspecified atom stereocenters. The molecule has 0 atom stereocenters. The molecule has 0 nitrogen and oxygen atoms in total. The number of hydrogen-bond donors (Lipinski definition) is 0. The summed E-state index contributed by atoms with van der Waals surface area (Å²) in [6.07, 6.45) is 33.4. The van der Waals surface area contributed by atoms with Crippen molar-refractivity contribution in [1.29, 1.82) is 0 Å². The van der Waals surface area contributed by atoms with E-state index < -0.39 is 11.0 Å². The molecule has 0 radical (unpaired) electrons. The Balaban J connectivity index is 0.000000164. The number of halogens is 2. The van der Waals surface area contributed by atoms with Gasteiger partial charge in [-0.15, -0.1) is 47.9 Å². The molecule has 74 heavy (non-hydrogen) atoms. The van der Waals surface area contributed by atoms with Gasteiger partial charge in [0.05, 0.1) is 0 Å². The fourth-order valence-corrected chi connectivity index (χ4v) is 17.6. The fraction of sp³-hybridized carbons (Fsp3) is 0.0588. The molecule has 360 valence electrons. The van der Waals surface area contributed by atoms with E-state index in [4.69, 9.17) is 0 Å². The summed E-state index contributed by atoms with van der Waals surface area (Å²) in [4.78, 5) is 0. The summed E-state index contributed by atoms with van der Waals surface area (Å²) < 4.78 is 0. The third kappa shape index (κ3) is 20.3. The summed E-state index contributed by atoms with van der Waals surface area (Å²) in [6.45, 7) is 0. The standard InChI is InChI=1S/2C12H10Si.4C11H9.2ClH.2Hf/c2*1-3-7-11(8-4-1)13-12-9-5-2-6-10-12;4*1-2-6-10(7-3-1)11-8-4-5-9-11;;;;/h2*1-10H;4*1-3,6-9H,4H2;2*1H;;/q;;4*-1;;;2*+2/p-2. The number of rotatable bonds is 8. The Morgan fingerprint density at radius 3 is 0.554 bits per heavy atom. The average Bonchev–Trinajstić information content (AvgIpc) is 4.36. The van der Waals surface area contributed by atoms with Crippen LogP contribution in [0.2, 0.25) is 0 Å². The summed E-state index contributed by atoms with van der Waals surface area (Å²) >= 11 is 2.53. The van der Waals surface area contributed by atoms with Crippen molar-refractivity contribution in [1.82, 2.24) is 0 Å². The number of hydrogen-bond acceptors (Lipinski definition) is 0. The molecule has 8 aromatic carbocycles. The first-order valence-electron chi connectivity index (χ1n) is 24.3. The molecule has 0 saturated heterocycles. The van der Waals surface area contributed by atoms with Gasteiger partial charge >= 0.3 is 199 Å². The van der Waals surface area contributed by atoms with E-state index in [0.717, 1.165) is 25.7 Å². The van der Waals surface area contributed by atoms with Crippen LogP contribution in [0.5, 0.6) is 0 Å². The second-order valence-electron chi connectivity index (χ2n) is 16.5. The zero-order chi connectivity index (χ0) is 49.7. The van der Waals surface area contributed by atoms with Gasteiger partial charge in [-0.3, -0.25) is 24.3 Å². The van der Waals surface area contributed by atoms with E-state index in [1.165, 1.54) is 111 Å². The van der Waals surface area contributed by atoms with Crippen molar-refractivity contribution in [3.63, 3.8) is 0 Å². The molecule has 6 heteroatoms. The first kappa shape index (κ1) is 59.3. The molecule has 0 heterocycles. The topological polar surface area (TPSA) is 0 Å². The Hall–Kier alpha value is -5.57. The first-order valence-corrected chi connectivity index (χ1v) is 38.1. The van der Waals surface area contributed by atoms with Crippen LogP contribution < -0.4 is 45.6 Å². The van der Waals surface area contributed by atoms with Crippen LogP contribution in [0.15, 0.2) is 291 Å². The van der Waals surface area contributed by atoms with Crippen molar-refractivity contribution >= 4 is 54.0 Å². The zero-order valence-electron chi connectivity index (χ0n) is 41.3. The van der Waals surface area contributed by atoms with Gasteiger partial charge in [0.25, 0.3) is 0 Å². The fourth-order valence-electron chi connectivity index (χ4n) is 7.67. The van der Waals surface area contributed by atoms with Crippen molar-refractivity contribution in [2.75, 3.05) is 0 Å². The van der Waals surface area contributed by atoms with Gasteiger partial charge in [0, 0.05) is 0 Å². The molecule has 0 saturated carbocycles. The van der Waals surface area contributed by atoms with Crippen LogP contribution in [0.1, 0.15) is 47.9 Å². The minimum absolute atomic E-state index is 0. The Labute approximate surface area is 483 Å². The van der Waals surface area contributed by atoms with Crippen LogP contribution in [-0.4, -0.2) is 11.0 Å². The van der Waals surface area contributed by atoms with E-state index in [9.17, 15) is 0 Å². The SMILES string of the molecule is [C-]1=CC(c2ccccc2)=CC1.[C-]1=CC(c2ccccc2)=CC1.[C-]1=CC(c2ccccc2)=CC1.[C-]1=CC(c2ccccc2)=CC1.[Cl-].[Cl-].[Hf+2]=[Si](c1ccccc1)c1ccccc1.[Hf+2]=[Si](c1ccccc1)c1ccccc1. The normalized spacial score (nSPS) is 12.7. The maximum atomic E-state index is 3.15. The summed E-state index contributed by atoms with van der Waals surface area (Å²) in [6, 6.07) is 85.1.